The molecule has 0 aliphatic heterocycles. The first kappa shape index (κ1) is 21.7. The summed E-state index contributed by atoms with van der Waals surface area (Å²) in [7, 11) is 0. The summed E-state index contributed by atoms with van der Waals surface area (Å²) in [6.07, 6.45) is 0. The molecule has 2 aromatic carbocycles. The van der Waals surface area contributed by atoms with Gasteiger partial charge in [0.05, 0.1) is 22.5 Å². The molecule has 1 aromatic heterocycles. The van der Waals surface area contributed by atoms with Crippen molar-refractivity contribution in [2.24, 2.45) is 0 Å². The Morgan fingerprint density at radius 3 is 2.67 bits per heavy atom. The number of halogens is 2. The third kappa shape index (κ3) is 6.26. The molecule has 3 aromatic rings. The number of ether oxygens (including phenoxy) is 2. The number of alkyl halides is 2. The van der Waals surface area contributed by atoms with Crippen LogP contribution in [-0.4, -0.2) is 30.1 Å². The number of hydrogen-bond acceptors (Lipinski definition) is 7. The molecule has 0 spiro atoms. The fourth-order valence-corrected chi connectivity index (χ4v) is 3.99. The molecule has 30 heavy (non-hydrogen) atoms. The quantitative estimate of drug-likeness (QED) is 0.372. The van der Waals surface area contributed by atoms with E-state index in [-0.39, 0.29) is 11.4 Å². The summed E-state index contributed by atoms with van der Waals surface area (Å²) in [6.45, 7) is -3.61. The van der Waals surface area contributed by atoms with Crippen molar-refractivity contribution in [2.45, 2.75) is 17.3 Å². The second-order valence-corrected chi connectivity index (χ2v) is 7.50. The van der Waals surface area contributed by atoms with Crippen molar-refractivity contribution in [3.05, 3.63) is 70.7 Å². The summed E-state index contributed by atoms with van der Waals surface area (Å²) < 4.78 is 34.4. The third-order valence-electron chi connectivity index (χ3n) is 3.68. The van der Waals surface area contributed by atoms with Crippen LogP contribution in [0.25, 0.3) is 0 Å². The van der Waals surface area contributed by atoms with Gasteiger partial charge in [-0.15, -0.1) is 23.1 Å². The molecular formula is C20H16F2N2O4S2. The van der Waals surface area contributed by atoms with Gasteiger partial charge in [-0.05, 0) is 24.3 Å². The van der Waals surface area contributed by atoms with E-state index in [2.05, 4.69) is 15.0 Å². The van der Waals surface area contributed by atoms with Crippen LogP contribution in [0.4, 0.5) is 14.5 Å². The number of carbonyl (C=O) groups is 2. The molecule has 1 heterocycles. The van der Waals surface area contributed by atoms with Crippen molar-refractivity contribution in [2.75, 3.05) is 11.9 Å². The molecule has 0 aliphatic carbocycles. The number of hydrogen-bond donors (Lipinski definition) is 1. The van der Waals surface area contributed by atoms with Gasteiger partial charge in [-0.1, -0.05) is 24.3 Å². The van der Waals surface area contributed by atoms with Crippen LogP contribution < -0.4 is 10.1 Å². The highest BCUT2D eigenvalue weighted by molar-refractivity contribution is 7.98. The Morgan fingerprint density at radius 1 is 1.13 bits per heavy atom. The highest BCUT2D eigenvalue weighted by Gasteiger charge is 2.16. The van der Waals surface area contributed by atoms with Gasteiger partial charge >= 0.3 is 12.6 Å². The van der Waals surface area contributed by atoms with E-state index in [1.807, 2.05) is 5.38 Å². The van der Waals surface area contributed by atoms with Gasteiger partial charge in [0, 0.05) is 16.0 Å². The first-order chi connectivity index (χ1) is 14.5. The van der Waals surface area contributed by atoms with Crippen LogP contribution in [0.1, 0.15) is 16.1 Å². The van der Waals surface area contributed by atoms with E-state index in [9.17, 15) is 18.4 Å². The zero-order valence-corrected chi connectivity index (χ0v) is 17.1. The molecule has 0 fully saturated rings. The van der Waals surface area contributed by atoms with Gasteiger partial charge < -0.3 is 14.8 Å². The number of thiazole rings is 1. The van der Waals surface area contributed by atoms with Crippen molar-refractivity contribution in [3.63, 3.8) is 0 Å². The van der Waals surface area contributed by atoms with Crippen LogP contribution in [0.5, 0.6) is 5.75 Å². The van der Waals surface area contributed by atoms with Crippen LogP contribution in [0.15, 0.2) is 64.3 Å². The summed E-state index contributed by atoms with van der Waals surface area (Å²) in [5, 5.41) is 4.32. The topological polar surface area (TPSA) is 77.5 Å². The van der Waals surface area contributed by atoms with Crippen LogP contribution in [0, 0.1) is 0 Å². The van der Waals surface area contributed by atoms with Crippen molar-refractivity contribution in [1.29, 1.82) is 0 Å². The largest absolute Gasteiger partial charge is 0.452 e. The van der Waals surface area contributed by atoms with E-state index in [1.165, 1.54) is 41.3 Å². The summed E-state index contributed by atoms with van der Waals surface area (Å²) in [5.74, 6) is -0.935. The minimum Gasteiger partial charge on any atom is -0.452 e. The molecule has 3 rings (SSSR count). The molecule has 156 valence electrons. The highest BCUT2D eigenvalue weighted by Crippen LogP contribution is 2.27. The number of nitrogens with one attached hydrogen (secondary N) is 1. The SMILES string of the molecule is O=C(COC(=O)c1ccccc1SCc1cscn1)Nc1ccccc1OC(F)F. The monoisotopic (exact) mass is 450 g/mol. The predicted molar refractivity (Wildman–Crippen MR) is 110 cm³/mol. The first-order valence-corrected chi connectivity index (χ1v) is 10.6. The third-order valence-corrected chi connectivity index (χ3v) is 5.42. The molecule has 0 bridgehead atoms. The van der Waals surface area contributed by atoms with E-state index in [0.29, 0.717) is 16.2 Å². The Hall–Kier alpha value is -2.98. The predicted octanol–water partition coefficient (Wildman–Crippen LogP) is 4.83. The number of anilines is 1. The van der Waals surface area contributed by atoms with Gasteiger partial charge in [0.15, 0.2) is 6.61 Å². The maximum absolute atomic E-state index is 12.5. The van der Waals surface area contributed by atoms with Crippen molar-refractivity contribution < 1.29 is 27.8 Å². The second-order valence-electron chi connectivity index (χ2n) is 5.76. The number of thioether (sulfide) groups is 1. The summed E-state index contributed by atoms with van der Waals surface area (Å²) in [5.41, 5.74) is 3.02. The van der Waals surface area contributed by atoms with Gasteiger partial charge in [-0.2, -0.15) is 8.78 Å². The number of carbonyl (C=O) groups excluding carboxylic acids is 2. The second kappa shape index (κ2) is 10.7. The van der Waals surface area contributed by atoms with Crippen molar-refractivity contribution in [1.82, 2.24) is 4.98 Å². The number of benzene rings is 2. The fraction of sp³-hybridized carbons (Fsp3) is 0.150. The molecule has 1 N–H and O–H groups in total. The Morgan fingerprint density at radius 2 is 1.90 bits per heavy atom. The normalized spacial score (nSPS) is 10.6. The highest BCUT2D eigenvalue weighted by atomic mass is 32.2. The average molecular weight is 450 g/mol. The fourth-order valence-electron chi connectivity index (χ4n) is 2.39. The number of amides is 1. The molecule has 0 aliphatic rings. The lowest BCUT2D eigenvalue weighted by molar-refractivity contribution is -0.119. The summed E-state index contributed by atoms with van der Waals surface area (Å²) in [6, 6.07) is 12.6. The van der Waals surface area contributed by atoms with E-state index in [4.69, 9.17) is 4.74 Å². The zero-order chi connectivity index (χ0) is 21.3. The van der Waals surface area contributed by atoms with Crippen molar-refractivity contribution in [3.8, 4) is 5.75 Å². The lowest BCUT2D eigenvalue weighted by Gasteiger charge is -2.12. The number of nitrogens with zero attached hydrogens (tertiary/aromatic N) is 1. The van der Waals surface area contributed by atoms with E-state index in [1.54, 1.807) is 35.8 Å². The van der Waals surface area contributed by atoms with E-state index >= 15 is 0 Å². The molecule has 6 nitrogen and oxygen atoms in total. The zero-order valence-electron chi connectivity index (χ0n) is 15.4. The van der Waals surface area contributed by atoms with Crippen LogP contribution >= 0.6 is 23.1 Å². The summed E-state index contributed by atoms with van der Waals surface area (Å²) >= 11 is 2.92. The van der Waals surface area contributed by atoms with E-state index < -0.39 is 25.1 Å². The molecule has 0 saturated carbocycles. The van der Waals surface area contributed by atoms with Crippen LogP contribution in [-0.2, 0) is 15.3 Å². The molecule has 10 heteroatoms. The average Bonchev–Trinajstić information content (AvgIpc) is 3.25. The van der Waals surface area contributed by atoms with Crippen LogP contribution in [0.2, 0.25) is 0 Å². The lowest BCUT2D eigenvalue weighted by Crippen LogP contribution is -2.21. The number of rotatable bonds is 9. The molecule has 0 atom stereocenters. The Bertz CT molecular complexity index is 1000. The smallest absolute Gasteiger partial charge is 0.387 e. The van der Waals surface area contributed by atoms with E-state index in [0.717, 1.165) is 5.69 Å². The Kier molecular flexibility index (Phi) is 7.75. The Labute approximate surface area is 179 Å². The van der Waals surface area contributed by atoms with Gasteiger partial charge in [-0.25, -0.2) is 9.78 Å². The lowest BCUT2D eigenvalue weighted by atomic mass is 10.2. The standard InChI is InChI=1S/C20H16F2N2O4S2/c21-20(22)28-16-7-3-2-6-15(16)24-18(25)9-27-19(26)14-5-1-4-8-17(14)30-11-13-10-29-12-23-13/h1-8,10,12,20H,9,11H2,(H,24,25). The maximum Gasteiger partial charge on any atom is 0.387 e. The number of esters is 1. The van der Waals surface area contributed by atoms with Gasteiger partial charge in [-0.3, -0.25) is 4.79 Å². The number of para-hydroxylation sites is 2. The molecule has 0 saturated heterocycles. The minimum atomic E-state index is -3.03. The van der Waals surface area contributed by atoms with Gasteiger partial charge in [0.25, 0.3) is 5.91 Å². The minimum absolute atomic E-state index is 0.0538. The molecule has 0 unspecified atom stereocenters. The Balaban J connectivity index is 1.57. The maximum atomic E-state index is 12.5. The first-order valence-electron chi connectivity index (χ1n) is 8.62. The van der Waals surface area contributed by atoms with Crippen LogP contribution in [0.3, 0.4) is 0 Å². The molecule has 0 radical (unpaired) electrons. The van der Waals surface area contributed by atoms with Gasteiger partial charge in [0.1, 0.15) is 5.75 Å². The van der Waals surface area contributed by atoms with Crippen molar-refractivity contribution >= 4 is 40.7 Å². The molecule has 1 amide bonds. The number of aromatic nitrogens is 1. The molecular weight excluding hydrogens is 434 g/mol. The summed E-state index contributed by atoms with van der Waals surface area (Å²) in [4.78, 5) is 29.5. The van der Waals surface area contributed by atoms with Gasteiger partial charge in [0.2, 0.25) is 0 Å².